The molecular formula is C18H24N8O. The summed E-state index contributed by atoms with van der Waals surface area (Å²) >= 11 is 0. The molecule has 142 valence electrons. The van der Waals surface area contributed by atoms with Crippen molar-refractivity contribution in [2.24, 2.45) is 13.0 Å². The van der Waals surface area contributed by atoms with Gasteiger partial charge in [0.2, 0.25) is 0 Å². The normalized spacial score (nSPS) is 12.2. The van der Waals surface area contributed by atoms with E-state index in [2.05, 4.69) is 45.1 Å². The van der Waals surface area contributed by atoms with Crippen LogP contribution in [0.3, 0.4) is 0 Å². The molecule has 0 radical (unpaired) electrons. The Kier molecular flexibility index (Phi) is 5.49. The van der Waals surface area contributed by atoms with Crippen LogP contribution in [0, 0.1) is 12.8 Å². The number of carbonyl (C=O) groups is 1. The molecular weight excluding hydrogens is 344 g/mol. The number of aromatic nitrogens is 6. The Morgan fingerprint density at radius 3 is 2.70 bits per heavy atom. The van der Waals surface area contributed by atoms with Crippen LogP contribution in [-0.2, 0) is 7.05 Å². The first-order valence-corrected chi connectivity index (χ1v) is 8.82. The van der Waals surface area contributed by atoms with Crippen molar-refractivity contribution in [3.05, 3.63) is 48.0 Å². The fourth-order valence-electron chi connectivity index (χ4n) is 2.97. The third-order valence-corrected chi connectivity index (χ3v) is 4.61. The summed E-state index contributed by atoms with van der Waals surface area (Å²) in [6, 6.07) is 7.39. The van der Waals surface area contributed by atoms with Gasteiger partial charge in [0.15, 0.2) is 0 Å². The molecule has 1 atom stereocenters. The van der Waals surface area contributed by atoms with Crippen LogP contribution < -0.4 is 10.6 Å². The molecule has 2 aromatic heterocycles. The Hall–Kier alpha value is -3.23. The molecule has 0 spiro atoms. The molecule has 9 heteroatoms. The second-order valence-electron chi connectivity index (χ2n) is 6.82. The molecule has 0 fully saturated rings. The highest BCUT2D eigenvalue weighted by atomic mass is 16.2. The van der Waals surface area contributed by atoms with Crippen molar-refractivity contribution in [2.75, 3.05) is 11.9 Å². The summed E-state index contributed by atoms with van der Waals surface area (Å²) in [6.07, 6.45) is 3.29. The lowest BCUT2D eigenvalue weighted by atomic mass is 9.92. The average molecular weight is 368 g/mol. The first kappa shape index (κ1) is 18.6. The zero-order valence-electron chi connectivity index (χ0n) is 15.9. The number of hydrogen-bond donors (Lipinski definition) is 2. The highest BCUT2D eigenvalue weighted by molar-refractivity contribution is 5.90. The van der Waals surface area contributed by atoms with E-state index in [0.29, 0.717) is 18.2 Å². The van der Waals surface area contributed by atoms with Gasteiger partial charge in [-0.05, 0) is 47.0 Å². The second kappa shape index (κ2) is 7.98. The number of urea groups is 1. The van der Waals surface area contributed by atoms with Crippen LogP contribution >= 0.6 is 0 Å². The molecule has 2 heterocycles. The van der Waals surface area contributed by atoms with Gasteiger partial charge in [0.1, 0.15) is 6.33 Å². The van der Waals surface area contributed by atoms with Crippen LogP contribution in [-0.4, -0.2) is 42.6 Å². The first-order chi connectivity index (χ1) is 13.0. The van der Waals surface area contributed by atoms with Crippen LogP contribution in [0.1, 0.15) is 31.0 Å². The predicted octanol–water partition coefficient (Wildman–Crippen LogP) is 2.27. The zero-order valence-corrected chi connectivity index (χ0v) is 15.9. The summed E-state index contributed by atoms with van der Waals surface area (Å²) in [5.74, 6) is 0.544. The summed E-state index contributed by atoms with van der Waals surface area (Å²) in [5.41, 5.74) is 3.54. The molecule has 0 aliphatic heterocycles. The van der Waals surface area contributed by atoms with E-state index in [1.807, 2.05) is 42.9 Å². The lowest BCUT2D eigenvalue weighted by molar-refractivity contribution is 0.250. The maximum absolute atomic E-state index is 12.5. The number of benzene rings is 1. The van der Waals surface area contributed by atoms with Gasteiger partial charge in [0, 0.05) is 37.1 Å². The van der Waals surface area contributed by atoms with E-state index in [0.717, 1.165) is 16.9 Å². The SMILES string of the molecule is Cc1ccc(-n2cnnn2)cc1NC(=O)NCC(c1ccnn1C)C(C)C. The number of tetrazole rings is 1. The highest BCUT2D eigenvalue weighted by Gasteiger charge is 2.20. The van der Waals surface area contributed by atoms with E-state index in [1.54, 1.807) is 10.9 Å². The number of carbonyl (C=O) groups excluding carboxylic acids is 1. The minimum Gasteiger partial charge on any atom is -0.337 e. The number of nitrogens with zero attached hydrogens (tertiary/aromatic N) is 6. The molecule has 3 aromatic rings. The van der Waals surface area contributed by atoms with E-state index in [1.165, 1.54) is 6.33 Å². The van der Waals surface area contributed by atoms with Crippen molar-refractivity contribution in [1.29, 1.82) is 0 Å². The molecule has 2 amide bonds. The Bertz CT molecular complexity index is 900. The number of amides is 2. The number of aryl methyl sites for hydroxylation is 2. The predicted molar refractivity (Wildman–Crippen MR) is 102 cm³/mol. The van der Waals surface area contributed by atoms with Crippen molar-refractivity contribution in [1.82, 2.24) is 35.3 Å². The van der Waals surface area contributed by atoms with E-state index < -0.39 is 0 Å². The Morgan fingerprint density at radius 2 is 2.07 bits per heavy atom. The second-order valence-corrected chi connectivity index (χ2v) is 6.82. The molecule has 1 aromatic carbocycles. The van der Waals surface area contributed by atoms with E-state index in [4.69, 9.17) is 0 Å². The van der Waals surface area contributed by atoms with Gasteiger partial charge in [-0.3, -0.25) is 4.68 Å². The minimum atomic E-state index is -0.250. The maximum atomic E-state index is 12.5. The van der Waals surface area contributed by atoms with E-state index in [-0.39, 0.29) is 11.9 Å². The fourth-order valence-corrected chi connectivity index (χ4v) is 2.97. The molecule has 0 bridgehead atoms. The molecule has 0 saturated carbocycles. The van der Waals surface area contributed by atoms with Crippen molar-refractivity contribution >= 4 is 11.7 Å². The molecule has 27 heavy (non-hydrogen) atoms. The van der Waals surface area contributed by atoms with Gasteiger partial charge in [0.05, 0.1) is 5.69 Å². The van der Waals surface area contributed by atoms with Crippen molar-refractivity contribution in [3.8, 4) is 5.69 Å². The summed E-state index contributed by atoms with van der Waals surface area (Å²) in [6.45, 7) is 6.73. The largest absolute Gasteiger partial charge is 0.337 e. The quantitative estimate of drug-likeness (QED) is 0.695. The molecule has 3 rings (SSSR count). The smallest absolute Gasteiger partial charge is 0.319 e. The molecule has 0 aliphatic rings. The molecule has 9 nitrogen and oxygen atoms in total. The molecule has 1 unspecified atom stereocenters. The van der Waals surface area contributed by atoms with Gasteiger partial charge in [-0.25, -0.2) is 9.48 Å². The third kappa shape index (κ3) is 4.30. The fraction of sp³-hybridized carbons (Fsp3) is 0.389. The van der Waals surface area contributed by atoms with Gasteiger partial charge in [-0.2, -0.15) is 5.10 Å². The van der Waals surface area contributed by atoms with Crippen LogP contribution in [0.2, 0.25) is 0 Å². The summed E-state index contributed by atoms with van der Waals surface area (Å²) in [5, 5.41) is 21.3. The van der Waals surface area contributed by atoms with Crippen LogP contribution in [0.4, 0.5) is 10.5 Å². The molecule has 2 N–H and O–H groups in total. The van der Waals surface area contributed by atoms with Gasteiger partial charge in [0.25, 0.3) is 0 Å². The maximum Gasteiger partial charge on any atom is 0.319 e. The van der Waals surface area contributed by atoms with Crippen molar-refractivity contribution in [3.63, 3.8) is 0 Å². The number of anilines is 1. The van der Waals surface area contributed by atoms with E-state index >= 15 is 0 Å². The molecule has 0 saturated heterocycles. The van der Waals surface area contributed by atoms with Gasteiger partial charge >= 0.3 is 6.03 Å². The van der Waals surface area contributed by atoms with Crippen LogP contribution in [0.15, 0.2) is 36.8 Å². The number of rotatable bonds is 6. The standard InChI is InChI=1S/C18H24N8O/c1-12(2)15(17-7-8-21-25(17)4)10-19-18(27)22-16-9-14(6-5-13(16)3)26-11-20-23-24-26/h5-9,11-12,15H,10H2,1-4H3,(H2,19,22,27). The third-order valence-electron chi connectivity index (χ3n) is 4.61. The Morgan fingerprint density at radius 1 is 1.26 bits per heavy atom. The average Bonchev–Trinajstić information content (AvgIpc) is 3.29. The lowest BCUT2D eigenvalue weighted by Crippen LogP contribution is -2.34. The minimum absolute atomic E-state index is 0.178. The zero-order chi connectivity index (χ0) is 19.4. The number of hydrogen-bond acceptors (Lipinski definition) is 5. The first-order valence-electron chi connectivity index (χ1n) is 8.82. The van der Waals surface area contributed by atoms with E-state index in [9.17, 15) is 4.79 Å². The topological polar surface area (TPSA) is 103 Å². The van der Waals surface area contributed by atoms with Crippen LogP contribution in [0.25, 0.3) is 5.69 Å². The summed E-state index contributed by atoms with van der Waals surface area (Å²) in [4.78, 5) is 12.5. The van der Waals surface area contributed by atoms with Gasteiger partial charge in [-0.1, -0.05) is 19.9 Å². The monoisotopic (exact) mass is 368 g/mol. The number of nitrogens with one attached hydrogen (secondary N) is 2. The Balaban J connectivity index is 1.67. The lowest BCUT2D eigenvalue weighted by Gasteiger charge is -2.22. The summed E-state index contributed by atoms with van der Waals surface area (Å²) < 4.78 is 3.39. The highest BCUT2D eigenvalue weighted by Crippen LogP contribution is 2.23. The molecule has 0 aliphatic carbocycles. The Labute approximate surface area is 157 Å². The van der Waals surface area contributed by atoms with Crippen LogP contribution in [0.5, 0.6) is 0 Å². The van der Waals surface area contributed by atoms with Crippen molar-refractivity contribution in [2.45, 2.75) is 26.7 Å². The van der Waals surface area contributed by atoms with Gasteiger partial charge in [-0.15, -0.1) is 5.10 Å². The van der Waals surface area contributed by atoms with Crippen molar-refractivity contribution < 1.29 is 4.79 Å². The van der Waals surface area contributed by atoms with Gasteiger partial charge < -0.3 is 10.6 Å². The summed E-state index contributed by atoms with van der Waals surface area (Å²) in [7, 11) is 1.92.